The third-order valence-corrected chi connectivity index (χ3v) is 7.78. The number of nitrogens with one attached hydrogen (secondary N) is 3. The quantitative estimate of drug-likeness (QED) is 0.335. The summed E-state index contributed by atoms with van der Waals surface area (Å²) in [7, 11) is 0. The highest BCUT2D eigenvalue weighted by molar-refractivity contribution is 5.80. The van der Waals surface area contributed by atoms with E-state index in [4.69, 9.17) is 9.97 Å². The number of anilines is 2. The lowest BCUT2D eigenvalue weighted by Crippen LogP contribution is -2.48. The van der Waals surface area contributed by atoms with Crippen molar-refractivity contribution in [3.63, 3.8) is 0 Å². The molecule has 0 radical (unpaired) electrons. The van der Waals surface area contributed by atoms with Gasteiger partial charge >= 0.3 is 0 Å². The monoisotopic (exact) mass is 515 g/mol. The van der Waals surface area contributed by atoms with Gasteiger partial charge in [0.1, 0.15) is 17.5 Å². The molecule has 0 spiro atoms. The Kier molecular flexibility index (Phi) is 6.13. The highest BCUT2D eigenvalue weighted by Crippen LogP contribution is 2.55. The molecule has 3 saturated carbocycles. The van der Waals surface area contributed by atoms with E-state index in [9.17, 15) is 9.18 Å². The fraction of sp³-hybridized carbons (Fsp3) is 0.407. The molecular weight excluding hydrogens is 485 g/mol. The Bertz CT molecular complexity index is 1460. The SMILES string of the molecule is Cc1cc(Nc2cc(C)nc([C@@H]3CC(C(=O)N[C@H](C)c4ccc(-n5cc(F)cn5)nc4)C4CC3C4)n2)[nH]n1. The van der Waals surface area contributed by atoms with Gasteiger partial charge in [0.15, 0.2) is 11.6 Å². The topological polar surface area (TPSA) is 126 Å². The summed E-state index contributed by atoms with van der Waals surface area (Å²) in [5.41, 5.74) is 2.66. The first-order valence-electron chi connectivity index (χ1n) is 12.9. The van der Waals surface area contributed by atoms with Crippen LogP contribution >= 0.6 is 0 Å². The van der Waals surface area contributed by atoms with Gasteiger partial charge in [0.05, 0.1) is 24.1 Å². The molecule has 3 N–H and O–H groups in total. The van der Waals surface area contributed by atoms with Gasteiger partial charge in [0.25, 0.3) is 0 Å². The Hall–Kier alpha value is -4.15. The standard InChI is InChI=1S/C27H30FN9O/c1-14-6-23(33-24-7-15(2)35-36-24)34-26(31-14)21-10-22(19-8-18(21)9-19)27(38)32-16(3)17-4-5-25(29-11-17)37-13-20(28)12-30-37/h4-7,11-13,16,18-19,21-22H,8-10H2,1-3H3,(H,32,38)(H2,31,33,34,35,36)/t16-,18?,19?,21-,22?/m1/s1. The van der Waals surface area contributed by atoms with E-state index in [2.05, 4.69) is 30.9 Å². The maximum Gasteiger partial charge on any atom is 0.223 e. The molecule has 11 heteroatoms. The number of H-pyrrole nitrogens is 1. The van der Waals surface area contributed by atoms with Gasteiger partial charge in [0, 0.05) is 35.9 Å². The van der Waals surface area contributed by atoms with Gasteiger partial charge in [-0.2, -0.15) is 10.2 Å². The maximum absolute atomic E-state index is 13.4. The van der Waals surface area contributed by atoms with Crippen LogP contribution < -0.4 is 10.6 Å². The lowest BCUT2D eigenvalue weighted by molar-refractivity contribution is -0.133. The third kappa shape index (κ3) is 4.75. The number of nitrogens with zero attached hydrogens (tertiary/aromatic N) is 6. The summed E-state index contributed by atoms with van der Waals surface area (Å²) in [4.78, 5) is 27.4. The zero-order valence-electron chi connectivity index (χ0n) is 21.5. The largest absolute Gasteiger partial charge is 0.349 e. The van der Waals surface area contributed by atoms with E-state index in [-0.39, 0.29) is 23.8 Å². The van der Waals surface area contributed by atoms with E-state index >= 15 is 0 Å². The number of aromatic nitrogens is 7. The Morgan fingerprint density at radius 3 is 2.63 bits per heavy atom. The molecule has 2 bridgehead atoms. The molecule has 38 heavy (non-hydrogen) atoms. The second kappa shape index (κ2) is 9.62. The van der Waals surface area contributed by atoms with Crippen LogP contribution in [0.15, 0.2) is 42.9 Å². The summed E-state index contributed by atoms with van der Waals surface area (Å²) >= 11 is 0. The predicted octanol–water partition coefficient (Wildman–Crippen LogP) is 4.29. The molecule has 3 fully saturated rings. The Morgan fingerprint density at radius 1 is 1.11 bits per heavy atom. The second-order valence-corrected chi connectivity index (χ2v) is 10.5. The van der Waals surface area contributed by atoms with E-state index in [1.807, 2.05) is 39.0 Å². The number of aryl methyl sites for hydroxylation is 2. The zero-order chi connectivity index (χ0) is 26.4. The molecule has 4 aromatic rings. The van der Waals surface area contributed by atoms with E-state index in [1.165, 1.54) is 10.9 Å². The van der Waals surface area contributed by atoms with Crippen LogP contribution in [0.3, 0.4) is 0 Å². The van der Waals surface area contributed by atoms with Crippen molar-refractivity contribution in [1.29, 1.82) is 0 Å². The summed E-state index contributed by atoms with van der Waals surface area (Å²) in [5.74, 6) is 3.43. The van der Waals surface area contributed by atoms with Crippen LogP contribution in [0.1, 0.15) is 60.9 Å². The number of carbonyl (C=O) groups is 1. The minimum Gasteiger partial charge on any atom is -0.349 e. The van der Waals surface area contributed by atoms with Crippen LogP contribution in [-0.4, -0.2) is 40.8 Å². The van der Waals surface area contributed by atoms with Crippen molar-refractivity contribution in [3.05, 3.63) is 71.4 Å². The second-order valence-electron chi connectivity index (χ2n) is 10.5. The summed E-state index contributed by atoms with van der Waals surface area (Å²) in [5, 5.41) is 17.5. The van der Waals surface area contributed by atoms with Gasteiger partial charge in [-0.25, -0.2) is 24.0 Å². The summed E-state index contributed by atoms with van der Waals surface area (Å²) < 4.78 is 14.6. The van der Waals surface area contributed by atoms with Gasteiger partial charge in [0.2, 0.25) is 5.91 Å². The number of hydrogen-bond acceptors (Lipinski definition) is 7. The molecule has 3 aliphatic rings. The number of amides is 1. The number of aromatic amines is 1. The molecular formula is C27H30FN9O. The molecule has 7 rings (SSSR count). The average Bonchev–Trinajstić information content (AvgIpc) is 3.50. The minimum atomic E-state index is -0.419. The third-order valence-electron chi connectivity index (χ3n) is 7.78. The fourth-order valence-electron chi connectivity index (χ4n) is 5.73. The van der Waals surface area contributed by atoms with Gasteiger partial charge in [-0.3, -0.25) is 9.89 Å². The van der Waals surface area contributed by atoms with Crippen LogP contribution in [0.4, 0.5) is 16.0 Å². The molecule has 1 unspecified atom stereocenters. The van der Waals surface area contributed by atoms with Gasteiger partial charge < -0.3 is 10.6 Å². The van der Waals surface area contributed by atoms with Crippen molar-refractivity contribution >= 4 is 17.5 Å². The van der Waals surface area contributed by atoms with Crippen LogP contribution in [0.25, 0.3) is 5.82 Å². The first-order chi connectivity index (χ1) is 18.3. The lowest BCUT2D eigenvalue weighted by Gasteiger charge is -2.50. The molecule has 0 aliphatic heterocycles. The van der Waals surface area contributed by atoms with Gasteiger partial charge in [-0.1, -0.05) is 6.07 Å². The highest BCUT2D eigenvalue weighted by Gasteiger charge is 2.50. The van der Waals surface area contributed by atoms with E-state index in [0.717, 1.165) is 59.9 Å². The first-order valence-corrected chi connectivity index (χ1v) is 12.9. The van der Waals surface area contributed by atoms with Crippen LogP contribution in [0.2, 0.25) is 0 Å². The van der Waals surface area contributed by atoms with Crippen LogP contribution in [0.5, 0.6) is 0 Å². The number of pyridine rings is 1. The van der Waals surface area contributed by atoms with Gasteiger partial charge in [-0.15, -0.1) is 0 Å². The molecule has 1 amide bonds. The van der Waals surface area contributed by atoms with Crippen LogP contribution in [-0.2, 0) is 4.79 Å². The molecule has 3 atom stereocenters. The minimum absolute atomic E-state index is 0.0582. The number of halogens is 1. The highest BCUT2D eigenvalue weighted by atomic mass is 19.1. The maximum atomic E-state index is 13.4. The van der Waals surface area contributed by atoms with E-state index in [0.29, 0.717) is 17.7 Å². The van der Waals surface area contributed by atoms with Crippen molar-refractivity contribution in [1.82, 2.24) is 40.2 Å². The predicted molar refractivity (Wildman–Crippen MR) is 138 cm³/mol. The number of hydrogen-bond donors (Lipinski definition) is 3. The molecule has 0 saturated heterocycles. The number of fused-ring (bicyclic) bond motifs is 2. The molecule has 4 aromatic heterocycles. The van der Waals surface area contributed by atoms with Gasteiger partial charge in [-0.05, 0) is 63.5 Å². The Labute approximate surface area is 219 Å². The molecule has 10 nitrogen and oxygen atoms in total. The summed E-state index contributed by atoms with van der Waals surface area (Å²) in [6.45, 7) is 5.84. The van der Waals surface area contributed by atoms with Crippen LogP contribution in [0, 0.1) is 37.4 Å². The zero-order valence-corrected chi connectivity index (χ0v) is 21.5. The summed E-state index contributed by atoms with van der Waals surface area (Å²) in [6, 6.07) is 7.28. The fourth-order valence-corrected chi connectivity index (χ4v) is 5.73. The number of rotatable bonds is 7. The molecule has 4 heterocycles. The van der Waals surface area contributed by atoms with Crippen molar-refractivity contribution in [2.75, 3.05) is 5.32 Å². The van der Waals surface area contributed by atoms with Crippen molar-refractivity contribution in [3.8, 4) is 5.82 Å². The lowest BCUT2D eigenvalue weighted by atomic mass is 9.55. The average molecular weight is 516 g/mol. The van der Waals surface area contributed by atoms with Crippen molar-refractivity contribution in [2.45, 2.75) is 52.0 Å². The Balaban J connectivity index is 1.13. The normalized spacial score (nSPS) is 22.9. The first kappa shape index (κ1) is 24.2. The van der Waals surface area contributed by atoms with Crippen molar-refractivity contribution < 1.29 is 9.18 Å². The van der Waals surface area contributed by atoms with Crippen molar-refractivity contribution in [2.24, 2.45) is 17.8 Å². The molecule has 3 aliphatic carbocycles. The van der Waals surface area contributed by atoms with E-state index < -0.39 is 5.82 Å². The van der Waals surface area contributed by atoms with E-state index in [1.54, 1.807) is 12.3 Å². The molecule has 0 aromatic carbocycles. The smallest absolute Gasteiger partial charge is 0.223 e. The number of carbonyl (C=O) groups excluding carboxylic acids is 1. The molecule has 196 valence electrons. The Morgan fingerprint density at radius 2 is 1.95 bits per heavy atom. The summed E-state index contributed by atoms with van der Waals surface area (Å²) in [6.07, 6.45) is 6.89.